The second-order valence-electron chi connectivity index (χ2n) is 13.9. The van der Waals surface area contributed by atoms with Crippen LogP contribution in [0.5, 0.6) is 0 Å². The summed E-state index contributed by atoms with van der Waals surface area (Å²) in [4.78, 5) is 93.7. The fourth-order valence-corrected chi connectivity index (χ4v) is 6.97. The lowest BCUT2D eigenvalue weighted by Gasteiger charge is -2.30. The number of thioether (sulfide) groups is 1. The molecule has 53 heavy (non-hydrogen) atoms. The fourth-order valence-electron chi connectivity index (χ4n) is 6.50. The molecule has 0 unspecified atom stereocenters. The van der Waals surface area contributed by atoms with Crippen molar-refractivity contribution >= 4 is 53.1 Å². The lowest BCUT2D eigenvalue weighted by molar-refractivity contribution is -0.141. The normalized spacial score (nSPS) is 19.1. The highest BCUT2D eigenvalue weighted by Crippen LogP contribution is 2.21. The highest BCUT2D eigenvalue weighted by atomic mass is 32.2. The Morgan fingerprint density at radius 3 is 1.94 bits per heavy atom. The largest absolute Gasteiger partial charge is 0.368 e. The molecular formula is C38H51N7O7S. The van der Waals surface area contributed by atoms with E-state index in [1.165, 1.54) is 16.7 Å². The first-order valence-electron chi connectivity index (χ1n) is 18.0. The Kier molecular flexibility index (Phi) is 15.2. The molecular weight excluding hydrogens is 699 g/mol. The molecule has 2 heterocycles. The lowest BCUT2D eigenvalue weighted by Crippen LogP contribution is -2.58. The van der Waals surface area contributed by atoms with Gasteiger partial charge in [-0.05, 0) is 54.7 Å². The van der Waals surface area contributed by atoms with Crippen LogP contribution in [-0.2, 0) is 46.4 Å². The number of likely N-dealkylation sites (tertiary alicyclic amines) is 1. The molecule has 0 aromatic heterocycles. The summed E-state index contributed by atoms with van der Waals surface area (Å²) in [5, 5.41) is 13.7. The summed E-state index contributed by atoms with van der Waals surface area (Å²) in [6.45, 7) is 4.04. The predicted octanol–water partition coefficient (Wildman–Crippen LogP) is 0.575. The quantitative estimate of drug-likeness (QED) is 0.119. The number of rotatable bonds is 19. The van der Waals surface area contributed by atoms with Crippen LogP contribution in [0.25, 0.3) is 0 Å². The van der Waals surface area contributed by atoms with Crippen LogP contribution in [0, 0.1) is 5.92 Å². The van der Waals surface area contributed by atoms with E-state index in [2.05, 4.69) is 26.6 Å². The summed E-state index contributed by atoms with van der Waals surface area (Å²) < 4.78 is 0. The summed E-state index contributed by atoms with van der Waals surface area (Å²) in [6, 6.07) is 12.5. The maximum absolute atomic E-state index is 14.0. The van der Waals surface area contributed by atoms with Gasteiger partial charge in [-0.15, -0.1) is 0 Å². The summed E-state index contributed by atoms with van der Waals surface area (Å²) in [6.07, 6.45) is 3.53. The smallest absolute Gasteiger partial charge is 0.245 e. The number of nitrogens with zero attached hydrogens (tertiary/aromatic N) is 1. The first kappa shape index (κ1) is 40.8. The van der Waals surface area contributed by atoms with E-state index in [4.69, 9.17) is 5.73 Å². The average molecular weight is 750 g/mol. The Bertz CT molecular complexity index is 1610. The number of carbonyl (C=O) groups is 7. The minimum atomic E-state index is -1.13. The van der Waals surface area contributed by atoms with Crippen molar-refractivity contribution in [1.82, 2.24) is 31.5 Å². The molecule has 7 N–H and O–H groups in total. The van der Waals surface area contributed by atoms with Gasteiger partial charge in [0.2, 0.25) is 41.4 Å². The monoisotopic (exact) mass is 749 g/mol. The van der Waals surface area contributed by atoms with Gasteiger partial charge in [-0.3, -0.25) is 33.6 Å². The number of hydrogen-bond donors (Lipinski definition) is 6. The molecule has 0 saturated carbocycles. The summed E-state index contributed by atoms with van der Waals surface area (Å²) in [7, 11) is 0. The van der Waals surface area contributed by atoms with Crippen LogP contribution < -0.4 is 32.3 Å². The predicted molar refractivity (Wildman–Crippen MR) is 201 cm³/mol. The second-order valence-corrected chi connectivity index (χ2v) is 14.9. The van der Waals surface area contributed by atoms with Gasteiger partial charge in [-0.2, -0.15) is 11.8 Å². The van der Waals surface area contributed by atoms with E-state index in [1.807, 2.05) is 80.8 Å². The molecule has 2 aliphatic heterocycles. The van der Waals surface area contributed by atoms with Crippen molar-refractivity contribution in [2.45, 2.75) is 95.0 Å². The van der Waals surface area contributed by atoms with Crippen molar-refractivity contribution in [2.75, 3.05) is 18.6 Å². The Labute approximate surface area is 314 Å². The van der Waals surface area contributed by atoms with Gasteiger partial charge in [0.05, 0.1) is 0 Å². The van der Waals surface area contributed by atoms with Crippen LogP contribution in [0.2, 0.25) is 0 Å². The topological polar surface area (TPSA) is 209 Å². The molecule has 6 atom stereocenters. The van der Waals surface area contributed by atoms with Crippen molar-refractivity contribution in [3.05, 3.63) is 71.8 Å². The third kappa shape index (κ3) is 12.1. The number of benzene rings is 2. The van der Waals surface area contributed by atoms with Gasteiger partial charge in [-0.1, -0.05) is 74.5 Å². The zero-order chi connectivity index (χ0) is 38.5. The Morgan fingerprint density at radius 2 is 1.42 bits per heavy atom. The molecule has 2 aromatic rings. The minimum absolute atomic E-state index is 0.0325. The Morgan fingerprint density at radius 1 is 0.830 bits per heavy atom. The summed E-state index contributed by atoms with van der Waals surface area (Å²) >= 11 is 1.52. The molecule has 14 nitrogen and oxygen atoms in total. The van der Waals surface area contributed by atoms with E-state index in [0.29, 0.717) is 25.0 Å². The number of primary amides is 1. The number of hydrogen-bond acceptors (Lipinski definition) is 8. The lowest BCUT2D eigenvalue weighted by atomic mass is 10.0. The van der Waals surface area contributed by atoms with Gasteiger partial charge >= 0.3 is 0 Å². The molecule has 286 valence electrons. The zero-order valence-corrected chi connectivity index (χ0v) is 31.3. The fraction of sp³-hybridized carbons (Fsp3) is 0.500. The van der Waals surface area contributed by atoms with E-state index in [1.54, 1.807) is 0 Å². The van der Waals surface area contributed by atoms with Crippen molar-refractivity contribution in [1.29, 1.82) is 0 Å². The standard InChI is InChI=1S/C38H51N7O7S/c1-23(2)20-31(37(51)41-26(33(39)47)17-19-53-3)45-18-16-28(38(45)52)42-35(49)29(21-24-10-6-4-7-11-24)44-36(50)30(22-25-12-8-5-9-13-25)43-34(48)27-14-15-32(46)40-27/h4-13,23,26-31H,14-22H2,1-3H3,(H2,39,47)(H,40,46)(H,41,51)(H,42,49)(H,43,48)(H,44,50)/t26-,27-,28+,29-,30-,31-/m0/s1. The third-order valence-electron chi connectivity index (χ3n) is 9.34. The molecule has 0 bridgehead atoms. The third-order valence-corrected chi connectivity index (χ3v) is 9.99. The SMILES string of the molecule is CSCC[C@H](NC(=O)[C@H](CC(C)C)N1CC[C@@H](NC(=O)[C@H](Cc2ccccc2)NC(=O)[C@H](Cc2ccccc2)NC(=O)[C@@H]2CCC(=O)N2)C1=O)C(N)=O. The van der Waals surface area contributed by atoms with Gasteiger partial charge in [0.25, 0.3) is 0 Å². The van der Waals surface area contributed by atoms with E-state index < -0.39 is 71.7 Å². The van der Waals surface area contributed by atoms with Crippen molar-refractivity contribution in [2.24, 2.45) is 11.7 Å². The van der Waals surface area contributed by atoms with Crippen LogP contribution in [-0.4, -0.2) is 101 Å². The molecule has 2 saturated heterocycles. The molecule has 7 amide bonds. The molecule has 2 fully saturated rings. The summed E-state index contributed by atoms with van der Waals surface area (Å²) in [5.41, 5.74) is 7.09. The second kappa shape index (κ2) is 19.8. The van der Waals surface area contributed by atoms with Crippen molar-refractivity contribution in [3.8, 4) is 0 Å². The maximum atomic E-state index is 14.0. The number of carbonyl (C=O) groups excluding carboxylic acids is 7. The molecule has 0 aliphatic carbocycles. The summed E-state index contributed by atoms with van der Waals surface area (Å²) in [5.74, 6) is -2.91. The molecule has 0 radical (unpaired) electrons. The van der Waals surface area contributed by atoms with Gasteiger partial charge in [0.1, 0.15) is 36.3 Å². The van der Waals surface area contributed by atoms with E-state index in [0.717, 1.165) is 11.1 Å². The van der Waals surface area contributed by atoms with Crippen molar-refractivity contribution < 1.29 is 33.6 Å². The van der Waals surface area contributed by atoms with E-state index in [9.17, 15) is 33.6 Å². The highest BCUT2D eigenvalue weighted by molar-refractivity contribution is 7.98. The number of amides is 7. The number of nitrogens with two attached hydrogens (primary N) is 1. The highest BCUT2D eigenvalue weighted by Gasteiger charge is 2.41. The van der Waals surface area contributed by atoms with Crippen LogP contribution in [0.15, 0.2) is 60.7 Å². The van der Waals surface area contributed by atoms with Gasteiger partial charge < -0.3 is 37.2 Å². The van der Waals surface area contributed by atoms with Crippen LogP contribution in [0.1, 0.15) is 57.1 Å². The molecule has 0 spiro atoms. The zero-order valence-electron chi connectivity index (χ0n) is 30.5. The van der Waals surface area contributed by atoms with Gasteiger partial charge in [0.15, 0.2) is 0 Å². The maximum Gasteiger partial charge on any atom is 0.245 e. The van der Waals surface area contributed by atoms with Gasteiger partial charge in [-0.25, -0.2) is 0 Å². The van der Waals surface area contributed by atoms with Crippen LogP contribution >= 0.6 is 11.8 Å². The van der Waals surface area contributed by atoms with E-state index >= 15 is 0 Å². The average Bonchev–Trinajstić information content (AvgIpc) is 3.73. The number of nitrogens with one attached hydrogen (secondary N) is 5. The first-order valence-corrected chi connectivity index (χ1v) is 19.4. The minimum Gasteiger partial charge on any atom is -0.368 e. The first-order chi connectivity index (χ1) is 25.4. The van der Waals surface area contributed by atoms with Gasteiger partial charge in [0, 0.05) is 25.8 Å². The molecule has 4 rings (SSSR count). The molecule has 2 aliphatic rings. The van der Waals surface area contributed by atoms with Crippen LogP contribution in [0.4, 0.5) is 0 Å². The Hall–Kier alpha value is -4.92. The Balaban J connectivity index is 1.51. The molecule has 2 aromatic carbocycles. The molecule has 15 heteroatoms. The van der Waals surface area contributed by atoms with Crippen molar-refractivity contribution in [3.63, 3.8) is 0 Å². The van der Waals surface area contributed by atoms with E-state index in [-0.39, 0.29) is 44.1 Å². The van der Waals surface area contributed by atoms with Crippen LogP contribution in [0.3, 0.4) is 0 Å².